The molecule has 2 aliphatic rings. The maximum atomic E-state index is 12.9. The first-order chi connectivity index (χ1) is 10.1. The predicted octanol–water partition coefficient (Wildman–Crippen LogP) is 3.50. The summed E-state index contributed by atoms with van der Waals surface area (Å²) in [6.45, 7) is 4.92. The van der Waals surface area contributed by atoms with E-state index in [1.54, 1.807) is 0 Å². The molecule has 0 spiro atoms. The normalized spacial score (nSPS) is 27.7. The predicted molar refractivity (Wildman–Crippen MR) is 88.6 cm³/mol. The summed E-state index contributed by atoms with van der Waals surface area (Å²) >= 11 is 3.53. The number of piperidine rings is 1. The molecular weight excluding hydrogens is 328 g/mol. The van der Waals surface area contributed by atoms with Gasteiger partial charge in [0.2, 0.25) is 0 Å². The SMILES string of the molecule is CCN(C(=O)c1ccc(C)c(Br)c1)C1CC2CCC(C1)N2. The van der Waals surface area contributed by atoms with Crippen LogP contribution in [0.15, 0.2) is 22.7 Å². The van der Waals surface area contributed by atoms with Gasteiger partial charge < -0.3 is 10.2 Å². The van der Waals surface area contributed by atoms with Gasteiger partial charge in [-0.15, -0.1) is 0 Å². The molecule has 4 heteroatoms. The molecule has 2 fully saturated rings. The lowest BCUT2D eigenvalue weighted by atomic mass is 9.97. The molecule has 2 unspecified atom stereocenters. The highest BCUT2D eigenvalue weighted by atomic mass is 79.9. The molecule has 21 heavy (non-hydrogen) atoms. The lowest BCUT2D eigenvalue weighted by Gasteiger charge is -2.37. The van der Waals surface area contributed by atoms with E-state index in [1.807, 2.05) is 25.1 Å². The Morgan fingerprint density at radius 3 is 2.57 bits per heavy atom. The second-order valence-corrected chi connectivity index (χ2v) is 7.17. The number of carbonyl (C=O) groups excluding carboxylic acids is 1. The van der Waals surface area contributed by atoms with Crippen molar-refractivity contribution < 1.29 is 4.79 Å². The summed E-state index contributed by atoms with van der Waals surface area (Å²) < 4.78 is 1.01. The van der Waals surface area contributed by atoms with Gasteiger partial charge in [0.25, 0.3) is 5.91 Å². The van der Waals surface area contributed by atoms with Crippen LogP contribution in [0.1, 0.15) is 48.5 Å². The Balaban J connectivity index is 1.79. The summed E-state index contributed by atoms with van der Waals surface area (Å²) in [5.41, 5.74) is 1.95. The van der Waals surface area contributed by atoms with E-state index in [9.17, 15) is 4.79 Å². The molecule has 0 aromatic heterocycles. The van der Waals surface area contributed by atoms with Crippen molar-refractivity contribution in [1.82, 2.24) is 10.2 Å². The van der Waals surface area contributed by atoms with Crippen LogP contribution in [-0.2, 0) is 0 Å². The monoisotopic (exact) mass is 350 g/mol. The average Bonchev–Trinajstić information content (AvgIpc) is 2.81. The van der Waals surface area contributed by atoms with Crippen molar-refractivity contribution in [3.8, 4) is 0 Å². The minimum Gasteiger partial charge on any atom is -0.336 e. The average molecular weight is 351 g/mol. The smallest absolute Gasteiger partial charge is 0.254 e. The van der Waals surface area contributed by atoms with Crippen molar-refractivity contribution in [2.45, 2.75) is 57.7 Å². The van der Waals surface area contributed by atoms with Crippen molar-refractivity contribution in [2.24, 2.45) is 0 Å². The number of carbonyl (C=O) groups is 1. The van der Waals surface area contributed by atoms with Gasteiger partial charge in [0.05, 0.1) is 0 Å². The maximum absolute atomic E-state index is 12.9. The van der Waals surface area contributed by atoms with Crippen molar-refractivity contribution in [3.63, 3.8) is 0 Å². The first-order valence-electron chi connectivity index (χ1n) is 7.91. The highest BCUT2D eigenvalue weighted by molar-refractivity contribution is 9.10. The van der Waals surface area contributed by atoms with Crippen LogP contribution >= 0.6 is 15.9 Å². The van der Waals surface area contributed by atoms with Crippen LogP contribution in [0.3, 0.4) is 0 Å². The van der Waals surface area contributed by atoms with Crippen molar-refractivity contribution in [3.05, 3.63) is 33.8 Å². The quantitative estimate of drug-likeness (QED) is 0.904. The number of nitrogens with zero attached hydrogens (tertiary/aromatic N) is 1. The van der Waals surface area contributed by atoms with E-state index >= 15 is 0 Å². The van der Waals surface area contributed by atoms with E-state index in [-0.39, 0.29) is 5.91 Å². The van der Waals surface area contributed by atoms with Gasteiger partial charge in [0.1, 0.15) is 0 Å². The minimum absolute atomic E-state index is 0.171. The third-order valence-corrected chi connectivity index (χ3v) is 5.76. The second kappa shape index (κ2) is 6.09. The number of amides is 1. The van der Waals surface area contributed by atoms with Gasteiger partial charge in [-0.25, -0.2) is 0 Å². The fraction of sp³-hybridized carbons (Fsp3) is 0.588. The third kappa shape index (κ3) is 3.02. The number of hydrogen-bond donors (Lipinski definition) is 1. The van der Waals surface area contributed by atoms with Crippen LogP contribution in [0.4, 0.5) is 0 Å². The van der Waals surface area contributed by atoms with Gasteiger partial charge in [-0.1, -0.05) is 22.0 Å². The van der Waals surface area contributed by atoms with Crippen LogP contribution in [0.5, 0.6) is 0 Å². The first kappa shape index (κ1) is 15.0. The highest BCUT2D eigenvalue weighted by Gasteiger charge is 2.37. The van der Waals surface area contributed by atoms with E-state index in [0.29, 0.717) is 18.1 Å². The van der Waals surface area contributed by atoms with Crippen molar-refractivity contribution in [1.29, 1.82) is 0 Å². The number of halogens is 1. The lowest BCUT2D eigenvalue weighted by Crippen LogP contribution is -2.50. The fourth-order valence-electron chi connectivity index (χ4n) is 3.74. The number of rotatable bonds is 3. The van der Waals surface area contributed by atoms with E-state index in [1.165, 1.54) is 12.8 Å². The van der Waals surface area contributed by atoms with Crippen molar-refractivity contribution in [2.75, 3.05) is 6.54 Å². The van der Waals surface area contributed by atoms with Crippen LogP contribution in [0.2, 0.25) is 0 Å². The summed E-state index contributed by atoms with van der Waals surface area (Å²) in [4.78, 5) is 14.9. The first-order valence-corrected chi connectivity index (χ1v) is 8.71. The maximum Gasteiger partial charge on any atom is 0.254 e. The number of hydrogen-bond acceptors (Lipinski definition) is 2. The van der Waals surface area contributed by atoms with Gasteiger partial charge in [-0.2, -0.15) is 0 Å². The molecule has 2 bridgehead atoms. The zero-order valence-corrected chi connectivity index (χ0v) is 14.3. The topological polar surface area (TPSA) is 32.3 Å². The number of aryl methyl sites for hydroxylation is 1. The van der Waals surface area contributed by atoms with Crippen LogP contribution in [-0.4, -0.2) is 35.5 Å². The zero-order chi connectivity index (χ0) is 15.0. The van der Waals surface area contributed by atoms with Gasteiger partial charge in [-0.05, 0) is 57.2 Å². The molecule has 0 aliphatic carbocycles. The van der Waals surface area contributed by atoms with Gasteiger partial charge in [0.15, 0.2) is 0 Å². The largest absolute Gasteiger partial charge is 0.336 e. The Bertz CT molecular complexity index is 534. The molecule has 0 radical (unpaired) electrons. The van der Waals surface area contributed by atoms with Crippen molar-refractivity contribution >= 4 is 21.8 Å². The summed E-state index contributed by atoms with van der Waals surface area (Å²) in [6.07, 6.45) is 4.73. The number of fused-ring (bicyclic) bond motifs is 2. The molecule has 1 amide bonds. The van der Waals surface area contributed by atoms with Gasteiger partial charge in [-0.3, -0.25) is 4.79 Å². The van der Waals surface area contributed by atoms with Crippen LogP contribution in [0.25, 0.3) is 0 Å². The standard InChI is InChI=1S/C17H23BrN2O/c1-3-20(15-9-13-6-7-14(10-15)19-13)17(21)12-5-4-11(2)16(18)8-12/h4-5,8,13-15,19H,3,6-7,9-10H2,1-2H3. The molecule has 3 nitrogen and oxygen atoms in total. The Kier molecular flexibility index (Phi) is 4.36. The van der Waals surface area contributed by atoms with E-state index in [4.69, 9.17) is 0 Å². The van der Waals surface area contributed by atoms with Gasteiger partial charge in [0, 0.05) is 34.7 Å². The summed E-state index contributed by atoms with van der Waals surface area (Å²) in [5, 5.41) is 3.65. The zero-order valence-electron chi connectivity index (χ0n) is 12.7. The Labute approximate surface area is 135 Å². The summed E-state index contributed by atoms with van der Waals surface area (Å²) in [5.74, 6) is 0.171. The van der Waals surface area contributed by atoms with Gasteiger partial charge >= 0.3 is 0 Å². The fourth-order valence-corrected chi connectivity index (χ4v) is 4.12. The molecule has 1 N–H and O–H groups in total. The second-order valence-electron chi connectivity index (χ2n) is 6.32. The molecule has 114 valence electrons. The molecule has 1 aromatic rings. The highest BCUT2D eigenvalue weighted by Crippen LogP contribution is 2.30. The molecule has 2 saturated heterocycles. The van der Waals surface area contributed by atoms with Crippen LogP contribution in [0, 0.1) is 6.92 Å². The van der Waals surface area contributed by atoms with E-state index in [0.717, 1.165) is 35.0 Å². The molecular formula is C17H23BrN2O. The lowest BCUT2D eigenvalue weighted by molar-refractivity contribution is 0.0631. The molecule has 2 aliphatic heterocycles. The van der Waals surface area contributed by atoms with E-state index < -0.39 is 0 Å². The molecule has 0 saturated carbocycles. The van der Waals surface area contributed by atoms with Crippen LogP contribution < -0.4 is 5.32 Å². The Morgan fingerprint density at radius 2 is 2.00 bits per heavy atom. The number of nitrogens with one attached hydrogen (secondary N) is 1. The summed E-state index contributed by atoms with van der Waals surface area (Å²) in [6, 6.07) is 7.52. The Morgan fingerprint density at radius 1 is 1.33 bits per heavy atom. The molecule has 1 aromatic carbocycles. The summed E-state index contributed by atoms with van der Waals surface area (Å²) in [7, 11) is 0. The Hall–Kier alpha value is -0.870. The molecule has 2 heterocycles. The molecule has 3 rings (SSSR count). The third-order valence-electron chi connectivity index (χ3n) is 4.91. The van der Waals surface area contributed by atoms with E-state index in [2.05, 4.69) is 33.1 Å². The minimum atomic E-state index is 0.171. The molecule has 2 atom stereocenters. The number of benzene rings is 1.